The number of hydrogen-bond donors (Lipinski definition) is 0. The highest BCUT2D eigenvalue weighted by Gasteiger charge is 2.22. The lowest BCUT2D eigenvalue weighted by Gasteiger charge is -2.29. The van der Waals surface area contributed by atoms with Gasteiger partial charge in [-0.05, 0) is 35.9 Å². The number of pyridine rings is 1. The van der Waals surface area contributed by atoms with E-state index in [2.05, 4.69) is 16.0 Å². The van der Waals surface area contributed by atoms with Crippen molar-refractivity contribution in [2.24, 2.45) is 0 Å². The van der Waals surface area contributed by atoms with Crippen LogP contribution in [0.15, 0.2) is 42.6 Å². The van der Waals surface area contributed by atoms with E-state index in [1.165, 1.54) is 0 Å². The normalized spacial score (nSPS) is 15.9. The minimum absolute atomic E-state index is 0.289. The number of rotatable bonds is 2. The Kier molecular flexibility index (Phi) is 3.43. The van der Waals surface area contributed by atoms with Crippen LogP contribution in [0.5, 0.6) is 17.2 Å². The molecule has 0 radical (unpaired) electrons. The van der Waals surface area contributed by atoms with Crippen LogP contribution >= 0.6 is 11.6 Å². The summed E-state index contributed by atoms with van der Waals surface area (Å²) >= 11 is 6.42. The molecule has 2 aliphatic rings. The third-order valence-corrected chi connectivity index (χ3v) is 4.81. The van der Waals surface area contributed by atoms with E-state index < -0.39 is 0 Å². The molecule has 0 saturated heterocycles. The van der Waals surface area contributed by atoms with E-state index in [4.69, 9.17) is 25.8 Å². The van der Waals surface area contributed by atoms with E-state index in [1.807, 2.05) is 30.3 Å². The predicted molar refractivity (Wildman–Crippen MR) is 94.1 cm³/mol. The molecule has 0 aliphatic carbocycles. The largest absolute Gasteiger partial charge is 0.475 e. The zero-order valence-corrected chi connectivity index (χ0v) is 14.1. The molecule has 126 valence electrons. The second-order valence-electron chi connectivity index (χ2n) is 6.19. The van der Waals surface area contributed by atoms with Crippen molar-refractivity contribution in [3.63, 3.8) is 0 Å². The second-order valence-corrected chi connectivity index (χ2v) is 6.60. The molecule has 6 heteroatoms. The minimum Gasteiger partial charge on any atom is -0.475 e. The Morgan fingerprint density at radius 3 is 2.96 bits per heavy atom. The molecule has 0 N–H and O–H groups in total. The molecule has 2 aromatic carbocycles. The Morgan fingerprint density at radius 1 is 1.08 bits per heavy atom. The van der Waals surface area contributed by atoms with Crippen LogP contribution in [0, 0.1) is 0 Å². The Labute approximate surface area is 149 Å². The van der Waals surface area contributed by atoms with Crippen LogP contribution in [0.2, 0.25) is 5.02 Å². The molecule has 0 spiro atoms. The van der Waals surface area contributed by atoms with Crippen LogP contribution in [0.4, 0.5) is 0 Å². The molecule has 0 amide bonds. The van der Waals surface area contributed by atoms with Gasteiger partial charge in [0.25, 0.3) is 0 Å². The van der Waals surface area contributed by atoms with Gasteiger partial charge >= 0.3 is 0 Å². The van der Waals surface area contributed by atoms with Gasteiger partial charge in [-0.25, -0.2) is 0 Å². The van der Waals surface area contributed by atoms with Crippen LogP contribution in [-0.2, 0) is 13.1 Å². The maximum Gasteiger partial charge on any atom is 0.231 e. The molecule has 1 aromatic heterocycles. The van der Waals surface area contributed by atoms with Crippen molar-refractivity contribution in [1.29, 1.82) is 0 Å². The fourth-order valence-corrected chi connectivity index (χ4v) is 3.63. The van der Waals surface area contributed by atoms with Crippen molar-refractivity contribution in [3.05, 3.63) is 58.7 Å². The number of benzene rings is 2. The van der Waals surface area contributed by atoms with Crippen molar-refractivity contribution in [1.82, 2.24) is 9.88 Å². The Bertz CT molecular complexity index is 976. The van der Waals surface area contributed by atoms with Crippen molar-refractivity contribution >= 4 is 22.5 Å². The number of nitrogens with zero attached hydrogens (tertiary/aromatic N) is 2. The van der Waals surface area contributed by atoms with Crippen LogP contribution in [0.3, 0.4) is 0 Å². The molecule has 2 aliphatic heterocycles. The Balaban J connectivity index is 1.43. The SMILES string of the molecule is Clc1cc2c(c3ncccc13)OCN(Cc1ccc3c(c1)OCO3)C2. The summed E-state index contributed by atoms with van der Waals surface area (Å²) in [5.41, 5.74) is 3.04. The van der Waals surface area contributed by atoms with Crippen LogP contribution < -0.4 is 14.2 Å². The molecular weight excluding hydrogens is 340 g/mol. The smallest absolute Gasteiger partial charge is 0.231 e. The maximum absolute atomic E-state index is 6.42. The van der Waals surface area contributed by atoms with Gasteiger partial charge in [-0.2, -0.15) is 0 Å². The molecule has 3 heterocycles. The van der Waals surface area contributed by atoms with Gasteiger partial charge in [-0.1, -0.05) is 17.7 Å². The molecule has 0 unspecified atom stereocenters. The van der Waals surface area contributed by atoms with Gasteiger partial charge in [0.1, 0.15) is 12.2 Å². The lowest BCUT2D eigenvalue weighted by molar-refractivity contribution is 0.0901. The molecular formula is C19H15ClN2O3. The summed E-state index contributed by atoms with van der Waals surface area (Å²) in [6, 6.07) is 11.9. The van der Waals surface area contributed by atoms with Gasteiger partial charge in [0.15, 0.2) is 17.2 Å². The molecule has 0 saturated carbocycles. The van der Waals surface area contributed by atoms with Gasteiger partial charge in [0.05, 0.1) is 5.02 Å². The zero-order chi connectivity index (χ0) is 16.8. The zero-order valence-electron chi connectivity index (χ0n) is 13.4. The van der Waals surface area contributed by atoms with Gasteiger partial charge in [-0.15, -0.1) is 0 Å². The molecule has 5 rings (SSSR count). The minimum atomic E-state index is 0.289. The summed E-state index contributed by atoms with van der Waals surface area (Å²) in [7, 11) is 0. The summed E-state index contributed by atoms with van der Waals surface area (Å²) in [5.74, 6) is 2.43. The molecule has 0 bridgehead atoms. The third kappa shape index (κ3) is 2.56. The van der Waals surface area contributed by atoms with E-state index in [0.717, 1.165) is 52.4 Å². The number of ether oxygens (including phenoxy) is 3. The fourth-order valence-electron chi connectivity index (χ4n) is 3.35. The number of halogens is 1. The first kappa shape index (κ1) is 14.8. The van der Waals surface area contributed by atoms with Crippen LogP contribution in [0.1, 0.15) is 11.1 Å². The Morgan fingerprint density at radius 2 is 2.00 bits per heavy atom. The van der Waals surface area contributed by atoms with Crippen LogP contribution in [0.25, 0.3) is 10.9 Å². The van der Waals surface area contributed by atoms with E-state index >= 15 is 0 Å². The monoisotopic (exact) mass is 354 g/mol. The number of aromatic nitrogens is 1. The highest BCUT2D eigenvalue weighted by atomic mass is 35.5. The van der Waals surface area contributed by atoms with E-state index in [0.29, 0.717) is 11.8 Å². The third-order valence-electron chi connectivity index (χ3n) is 4.50. The molecule has 0 fully saturated rings. The van der Waals surface area contributed by atoms with Crippen molar-refractivity contribution in [2.45, 2.75) is 13.1 Å². The summed E-state index contributed by atoms with van der Waals surface area (Å²) in [4.78, 5) is 6.66. The van der Waals surface area contributed by atoms with Crippen molar-refractivity contribution < 1.29 is 14.2 Å². The van der Waals surface area contributed by atoms with Gasteiger partial charge in [-0.3, -0.25) is 9.88 Å². The summed E-state index contributed by atoms with van der Waals surface area (Å²) in [6.45, 7) is 2.32. The highest BCUT2D eigenvalue weighted by Crippen LogP contribution is 2.37. The molecule has 25 heavy (non-hydrogen) atoms. The number of fused-ring (bicyclic) bond motifs is 4. The van der Waals surface area contributed by atoms with Gasteiger partial charge in [0, 0.05) is 30.2 Å². The highest BCUT2D eigenvalue weighted by molar-refractivity contribution is 6.35. The summed E-state index contributed by atoms with van der Waals surface area (Å²) in [5, 5.41) is 1.63. The van der Waals surface area contributed by atoms with E-state index in [1.54, 1.807) is 6.20 Å². The average Bonchev–Trinajstić information content (AvgIpc) is 3.10. The predicted octanol–water partition coefficient (Wildman–Crippen LogP) is 3.97. The second kappa shape index (κ2) is 5.79. The molecule has 5 nitrogen and oxygen atoms in total. The first-order valence-corrected chi connectivity index (χ1v) is 8.45. The number of hydrogen-bond acceptors (Lipinski definition) is 5. The van der Waals surface area contributed by atoms with E-state index in [-0.39, 0.29) is 6.79 Å². The van der Waals surface area contributed by atoms with Gasteiger partial charge < -0.3 is 14.2 Å². The summed E-state index contributed by atoms with van der Waals surface area (Å²) < 4.78 is 16.8. The topological polar surface area (TPSA) is 43.8 Å². The standard InChI is InChI=1S/C19H15ClN2O3/c20-15-7-13-9-22(8-12-3-4-16-17(6-12)25-11-24-16)10-23-19(13)18-14(15)2-1-5-21-18/h1-7H,8-11H2. The quantitative estimate of drug-likeness (QED) is 0.696. The lowest BCUT2D eigenvalue weighted by atomic mass is 10.1. The Hall–Kier alpha value is -2.50. The van der Waals surface area contributed by atoms with E-state index in [9.17, 15) is 0 Å². The van der Waals surface area contributed by atoms with Crippen molar-refractivity contribution in [3.8, 4) is 17.2 Å². The fraction of sp³-hybridized carbons (Fsp3) is 0.211. The first-order valence-electron chi connectivity index (χ1n) is 8.08. The lowest BCUT2D eigenvalue weighted by Crippen LogP contribution is -2.31. The van der Waals surface area contributed by atoms with Crippen molar-refractivity contribution in [2.75, 3.05) is 13.5 Å². The summed E-state index contributed by atoms with van der Waals surface area (Å²) in [6.07, 6.45) is 1.77. The molecule has 3 aromatic rings. The maximum atomic E-state index is 6.42. The van der Waals surface area contributed by atoms with Crippen LogP contribution in [-0.4, -0.2) is 23.4 Å². The molecule has 0 atom stereocenters. The average molecular weight is 355 g/mol. The van der Waals surface area contributed by atoms with Gasteiger partial charge in [0.2, 0.25) is 6.79 Å². The first-order chi connectivity index (χ1) is 12.3.